The number of rotatable bonds is 7. The van der Waals surface area contributed by atoms with Crippen LogP contribution in [0.5, 0.6) is 0 Å². The average molecular weight is 575 g/mol. The van der Waals surface area contributed by atoms with Crippen molar-refractivity contribution in [1.82, 2.24) is 35.1 Å². The van der Waals surface area contributed by atoms with Crippen molar-refractivity contribution < 1.29 is 14.0 Å². The van der Waals surface area contributed by atoms with Crippen molar-refractivity contribution in [1.29, 1.82) is 0 Å². The minimum atomic E-state index is -0.304. The number of carbonyl (C=O) groups excluding carboxylic acids is 2. The molecule has 2 unspecified atom stereocenters. The number of hydrogen-bond acceptors (Lipinski definition) is 7. The first-order chi connectivity index (χ1) is 19.9. The van der Waals surface area contributed by atoms with Crippen molar-refractivity contribution in [3.63, 3.8) is 0 Å². The monoisotopic (exact) mass is 574 g/mol. The van der Waals surface area contributed by atoms with E-state index in [1.807, 2.05) is 23.2 Å². The highest BCUT2D eigenvalue weighted by Gasteiger charge is 2.42. The van der Waals surface area contributed by atoms with Gasteiger partial charge in [0.1, 0.15) is 18.1 Å². The molecule has 3 fully saturated rings. The Morgan fingerprint density at radius 1 is 1.07 bits per heavy atom. The first-order valence-corrected chi connectivity index (χ1v) is 14.8. The Labute approximate surface area is 240 Å². The number of anilines is 1. The van der Waals surface area contributed by atoms with Gasteiger partial charge in [-0.15, -0.1) is 16.4 Å². The van der Waals surface area contributed by atoms with E-state index < -0.39 is 0 Å². The van der Waals surface area contributed by atoms with Gasteiger partial charge < -0.3 is 20.4 Å². The van der Waals surface area contributed by atoms with Crippen LogP contribution in [0.4, 0.5) is 14.9 Å². The summed E-state index contributed by atoms with van der Waals surface area (Å²) in [7, 11) is 2.06. The molecule has 4 heterocycles. The van der Waals surface area contributed by atoms with Gasteiger partial charge in [0.25, 0.3) is 0 Å². The molecule has 1 aromatic carbocycles. The van der Waals surface area contributed by atoms with Gasteiger partial charge in [0.05, 0.1) is 21.3 Å². The summed E-state index contributed by atoms with van der Waals surface area (Å²) in [6.07, 6.45) is 6.46. The SMILES string of the molecule is CN1CCN(C(=O)Cn2cc(-c3cc4nccc(C5CC5c5ccc(NC(=O)NC6CC6)cc5F)c4s3)nn2)CC1. The molecule has 2 N–H and O–H groups in total. The van der Waals surface area contributed by atoms with Crippen LogP contribution < -0.4 is 10.6 Å². The molecule has 0 spiro atoms. The molecule has 0 radical (unpaired) electrons. The number of nitrogens with zero attached hydrogens (tertiary/aromatic N) is 6. The summed E-state index contributed by atoms with van der Waals surface area (Å²) in [4.78, 5) is 34.3. The van der Waals surface area contributed by atoms with E-state index in [2.05, 4.69) is 37.9 Å². The van der Waals surface area contributed by atoms with Crippen LogP contribution in [0.15, 0.2) is 42.7 Å². The van der Waals surface area contributed by atoms with E-state index in [-0.39, 0.29) is 42.2 Å². The zero-order valence-corrected chi connectivity index (χ0v) is 23.5. The van der Waals surface area contributed by atoms with Gasteiger partial charge in [-0.3, -0.25) is 9.78 Å². The van der Waals surface area contributed by atoms with Crippen LogP contribution in [0.25, 0.3) is 20.8 Å². The summed E-state index contributed by atoms with van der Waals surface area (Å²) in [6, 6.07) is 8.93. The van der Waals surface area contributed by atoms with Crippen LogP contribution in [0.2, 0.25) is 0 Å². The molecular weight excluding hydrogens is 543 g/mol. The quantitative estimate of drug-likeness (QED) is 0.345. The maximum Gasteiger partial charge on any atom is 0.319 e. The summed E-state index contributed by atoms with van der Waals surface area (Å²) in [5.74, 6) is 0.00568. The van der Waals surface area contributed by atoms with E-state index in [1.165, 1.54) is 6.07 Å². The van der Waals surface area contributed by atoms with Gasteiger partial charge in [0, 0.05) is 44.1 Å². The number of fused-ring (bicyclic) bond motifs is 1. The highest BCUT2D eigenvalue weighted by atomic mass is 32.1. The predicted octanol–water partition coefficient (Wildman–Crippen LogP) is 4.02. The van der Waals surface area contributed by atoms with Crippen LogP contribution in [0.1, 0.15) is 42.2 Å². The smallest absolute Gasteiger partial charge is 0.319 e. The molecule has 12 heteroatoms. The number of thiophene rings is 1. The minimum absolute atomic E-state index is 0.0483. The average Bonchev–Trinajstić information content (AvgIpc) is 3.84. The van der Waals surface area contributed by atoms with Crippen LogP contribution in [-0.4, -0.2) is 81.0 Å². The third kappa shape index (κ3) is 5.53. The molecule has 2 atom stereocenters. The van der Waals surface area contributed by atoms with E-state index >= 15 is 4.39 Å². The maximum atomic E-state index is 15.1. The van der Waals surface area contributed by atoms with Crippen molar-refractivity contribution in [3.8, 4) is 10.6 Å². The van der Waals surface area contributed by atoms with Crippen molar-refractivity contribution >= 4 is 39.2 Å². The molecular formula is C29H31FN8O2S. The number of carbonyl (C=O) groups is 2. The molecule has 3 amide bonds. The Morgan fingerprint density at radius 2 is 1.88 bits per heavy atom. The van der Waals surface area contributed by atoms with Crippen molar-refractivity contribution in [2.24, 2.45) is 0 Å². The Morgan fingerprint density at radius 3 is 2.66 bits per heavy atom. The number of hydrogen-bond donors (Lipinski definition) is 2. The van der Waals surface area contributed by atoms with Gasteiger partial charge in [-0.25, -0.2) is 13.9 Å². The Balaban J connectivity index is 1.04. The molecule has 2 aliphatic carbocycles. The number of benzene rings is 1. The fourth-order valence-corrected chi connectivity index (χ4v) is 6.67. The number of nitrogens with one attached hydrogen (secondary N) is 2. The lowest BCUT2D eigenvalue weighted by molar-refractivity contribution is -0.133. The second-order valence-corrected chi connectivity index (χ2v) is 12.3. The fraction of sp³-hybridized carbons (Fsp3) is 0.414. The van der Waals surface area contributed by atoms with Crippen LogP contribution >= 0.6 is 11.3 Å². The van der Waals surface area contributed by atoms with Crippen molar-refractivity contribution in [3.05, 3.63) is 59.7 Å². The molecule has 212 valence electrons. The topological polar surface area (TPSA) is 108 Å². The number of halogens is 1. The summed E-state index contributed by atoms with van der Waals surface area (Å²) >= 11 is 1.60. The zero-order valence-electron chi connectivity index (χ0n) is 22.7. The normalized spacial score (nSPS) is 20.8. The Kier molecular flexibility index (Phi) is 6.66. The van der Waals surface area contributed by atoms with Gasteiger partial charge in [-0.1, -0.05) is 11.3 Å². The second-order valence-electron chi connectivity index (χ2n) is 11.3. The lowest BCUT2D eigenvalue weighted by atomic mass is 10.0. The number of urea groups is 1. The molecule has 3 aliphatic rings. The van der Waals surface area contributed by atoms with E-state index in [0.717, 1.165) is 66.1 Å². The summed E-state index contributed by atoms with van der Waals surface area (Å²) in [6.45, 7) is 3.38. The number of likely N-dealkylation sites (N-methyl/N-ethyl adjacent to an activating group) is 1. The standard InChI is InChI=1S/C29H31FN8O2S/c1-36-8-10-37(11-9-36)27(39)16-38-15-25(34-35-38)26-14-24-28(41-26)20(6-7-31-24)22-13-21(22)19-5-4-18(12-23(19)30)33-29(40)32-17-2-3-17/h4-7,12,14-15,17,21-22H,2-3,8-11,13,16H2,1H3,(H2,32,33,40). The summed E-state index contributed by atoms with van der Waals surface area (Å²) in [5.41, 5.74) is 3.85. The number of amides is 3. The van der Waals surface area contributed by atoms with Crippen molar-refractivity contribution in [2.75, 3.05) is 38.5 Å². The van der Waals surface area contributed by atoms with Crippen LogP contribution in [-0.2, 0) is 11.3 Å². The molecule has 10 nitrogen and oxygen atoms in total. The third-order valence-corrected chi connectivity index (χ3v) is 9.34. The molecule has 4 aromatic rings. The summed E-state index contributed by atoms with van der Waals surface area (Å²) < 4.78 is 17.8. The van der Waals surface area contributed by atoms with Crippen LogP contribution in [0, 0.1) is 5.82 Å². The highest BCUT2D eigenvalue weighted by Crippen LogP contribution is 2.57. The van der Waals surface area contributed by atoms with Gasteiger partial charge in [0.2, 0.25) is 5.91 Å². The Hall–Kier alpha value is -3.90. The zero-order chi connectivity index (χ0) is 28.1. The van der Waals surface area contributed by atoms with Crippen molar-refractivity contribution in [2.45, 2.75) is 43.7 Å². The Bertz CT molecular complexity index is 1620. The lowest BCUT2D eigenvalue weighted by Gasteiger charge is -2.32. The van der Waals surface area contributed by atoms with Gasteiger partial charge in [-0.05, 0) is 73.5 Å². The fourth-order valence-electron chi connectivity index (χ4n) is 5.53. The number of aromatic nitrogens is 4. The molecule has 1 aliphatic heterocycles. The second kappa shape index (κ2) is 10.5. The van der Waals surface area contributed by atoms with E-state index in [1.54, 1.807) is 34.3 Å². The molecule has 41 heavy (non-hydrogen) atoms. The minimum Gasteiger partial charge on any atom is -0.339 e. The van der Waals surface area contributed by atoms with Gasteiger partial charge in [0.15, 0.2) is 0 Å². The summed E-state index contributed by atoms with van der Waals surface area (Å²) in [5, 5.41) is 14.1. The molecule has 1 saturated heterocycles. The van der Waals surface area contributed by atoms with E-state index in [9.17, 15) is 9.59 Å². The lowest BCUT2D eigenvalue weighted by Crippen LogP contribution is -2.48. The first kappa shape index (κ1) is 26.0. The highest BCUT2D eigenvalue weighted by molar-refractivity contribution is 7.22. The van der Waals surface area contributed by atoms with E-state index in [0.29, 0.717) is 16.9 Å². The number of piperazine rings is 1. The predicted molar refractivity (Wildman–Crippen MR) is 154 cm³/mol. The third-order valence-electron chi connectivity index (χ3n) is 8.15. The number of pyridine rings is 1. The van der Waals surface area contributed by atoms with E-state index in [4.69, 9.17) is 0 Å². The van der Waals surface area contributed by atoms with Gasteiger partial charge in [-0.2, -0.15) is 0 Å². The first-order valence-electron chi connectivity index (χ1n) is 14.0. The molecule has 3 aromatic heterocycles. The van der Waals surface area contributed by atoms with Crippen LogP contribution in [0.3, 0.4) is 0 Å². The van der Waals surface area contributed by atoms with Gasteiger partial charge >= 0.3 is 6.03 Å². The largest absolute Gasteiger partial charge is 0.339 e. The molecule has 2 saturated carbocycles. The molecule has 0 bridgehead atoms. The molecule has 7 rings (SSSR count). The maximum absolute atomic E-state index is 15.1.